The van der Waals surface area contributed by atoms with Crippen LogP contribution in [0.2, 0.25) is 25.7 Å². The first-order valence-electron chi connectivity index (χ1n) is 11.1. The summed E-state index contributed by atoms with van der Waals surface area (Å²) >= 11 is 0. The maximum atomic E-state index is 12.9. The molecule has 1 unspecified atom stereocenters. The van der Waals surface area contributed by atoms with Crippen molar-refractivity contribution in [3.63, 3.8) is 0 Å². The minimum Gasteiger partial charge on any atom is -0.379 e. The molecular formula is C21H32F2N6O3Si. The van der Waals surface area contributed by atoms with E-state index in [-0.39, 0.29) is 23.3 Å². The number of rotatable bonds is 12. The summed E-state index contributed by atoms with van der Waals surface area (Å²) in [5.74, 6) is -0.563. The molecule has 3 rings (SSSR count). The summed E-state index contributed by atoms with van der Waals surface area (Å²) in [6, 6.07) is 3.00. The highest BCUT2D eigenvalue weighted by Gasteiger charge is 2.33. The molecule has 182 valence electrons. The van der Waals surface area contributed by atoms with Gasteiger partial charge in [0.1, 0.15) is 0 Å². The topological polar surface area (TPSA) is 109 Å². The van der Waals surface area contributed by atoms with E-state index in [1.165, 1.54) is 0 Å². The largest absolute Gasteiger partial charge is 0.405 e. The molecule has 3 heterocycles. The Kier molecular flexibility index (Phi) is 8.09. The number of amides is 1. The second-order valence-corrected chi connectivity index (χ2v) is 15.3. The van der Waals surface area contributed by atoms with E-state index in [1.807, 2.05) is 4.90 Å². The molecule has 1 fully saturated rings. The van der Waals surface area contributed by atoms with Crippen LogP contribution >= 0.6 is 0 Å². The number of nitriles is 1. The molecule has 1 atom stereocenters. The monoisotopic (exact) mass is 482 g/mol. The van der Waals surface area contributed by atoms with Crippen LogP contribution in [0.15, 0.2) is 11.2 Å². The van der Waals surface area contributed by atoms with E-state index < -0.39 is 20.6 Å². The first-order valence-corrected chi connectivity index (χ1v) is 14.8. The van der Waals surface area contributed by atoms with Gasteiger partial charge in [-0.25, -0.2) is 4.99 Å². The van der Waals surface area contributed by atoms with E-state index >= 15 is 0 Å². The Bertz CT molecular complexity index is 905. The molecule has 9 nitrogen and oxygen atoms in total. The second-order valence-electron chi connectivity index (χ2n) is 9.63. The fraction of sp³-hybridized carbons (Fsp3) is 0.667. The maximum absolute atomic E-state index is 12.9. The van der Waals surface area contributed by atoms with Crippen molar-refractivity contribution in [3.8, 4) is 6.07 Å². The van der Waals surface area contributed by atoms with E-state index in [0.29, 0.717) is 25.4 Å². The summed E-state index contributed by atoms with van der Waals surface area (Å²) in [5.41, 5.74) is 6.01. The predicted octanol–water partition coefficient (Wildman–Crippen LogP) is 2.33. The van der Waals surface area contributed by atoms with E-state index in [0.717, 1.165) is 43.0 Å². The van der Waals surface area contributed by atoms with Crippen molar-refractivity contribution >= 4 is 31.7 Å². The van der Waals surface area contributed by atoms with Crippen LogP contribution < -0.4 is 15.5 Å². The Labute approximate surface area is 193 Å². The predicted molar refractivity (Wildman–Crippen MR) is 124 cm³/mol. The minimum atomic E-state index is -3.08. The molecule has 0 bridgehead atoms. The van der Waals surface area contributed by atoms with Gasteiger partial charge in [0.25, 0.3) is 5.91 Å². The average molecular weight is 483 g/mol. The number of fused-ring (bicyclic) bond motifs is 1. The molecule has 12 heteroatoms. The van der Waals surface area contributed by atoms with Gasteiger partial charge in [-0.05, 0) is 19.0 Å². The highest BCUT2D eigenvalue weighted by Crippen LogP contribution is 2.38. The lowest BCUT2D eigenvalue weighted by Gasteiger charge is -2.37. The number of nitrogens with two attached hydrogens (primary N) is 1. The number of carbonyl (C=O) groups is 1. The third kappa shape index (κ3) is 6.52. The van der Waals surface area contributed by atoms with Gasteiger partial charge in [-0.15, -0.1) is 0 Å². The van der Waals surface area contributed by atoms with Crippen molar-refractivity contribution in [2.24, 2.45) is 16.6 Å². The van der Waals surface area contributed by atoms with Crippen LogP contribution in [0, 0.1) is 17.2 Å². The zero-order valence-corrected chi connectivity index (χ0v) is 20.3. The Morgan fingerprint density at radius 3 is 2.70 bits per heavy atom. The number of halogens is 2. The first kappa shape index (κ1) is 25.1. The first-order chi connectivity index (χ1) is 15.6. The number of hydrogen-bond donors (Lipinski definition) is 1. The van der Waals surface area contributed by atoms with Crippen LogP contribution in [0.5, 0.6) is 0 Å². The number of hydrogen-bond acceptors (Lipinski definition) is 7. The van der Waals surface area contributed by atoms with Gasteiger partial charge in [0.2, 0.25) is 0 Å². The zero-order chi connectivity index (χ0) is 24.2. The number of carbonyl (C=O) groups excluding carboxylic acids is 1. The number of aliphatic imine (C=N–C) groups is 1. The highest BCUT2D eigenvalue weighted by molar-refractivity contribution is 6.76. The molecular weight excluding hydrogens is 450 g/mol. The summed E-state index contributed by atoms with van der Waals surface area (Å²) < 4.78 is 32.5. The van der Waals surface area contributed by atoms with Crippen molar-refractivity contribution in [1.29, 1.82) is 5.26 Å². The highest BCUT2D eigenvalue weighted by atomic mass is 28.3. The Hall–Kier alpha value is -2.49. The maximum Gasteiger partial charge on any atom is 0.405 e. The van der Waals surface area contributed by atoms with Gasteiger partial charge in [-0.3, -0.25) is 4.79 Å². The van der Waals surface area contributed by atoms with Gasteiger partial charge in [0.15, 0.2) is 5.82 Å². The van der Waals surface area contributed by atoms with E-state index in [4.69, 9.17) is 15.7 Å². The van der Waals surface area contributed by atoms with Gasteiger partial charge >= 0.3 is 6.61 Å². The van der Waals surface area contributed by atoms with Gasteiger partial charge in [0.05, 0.1) is 42.1 Å². The van der Waals surface area contributed by atoms with Crippen molar-refractivity contribution in [1.82, 2.24) is 9.63 Å². The van der Waals surface area contributed by atoms with Crippen molar-refractivity contribution in [3.05, 3.63) is 11.8 Å². The molecule has 1 aromatic heterocycles. The number of alkyl halides is 2. The zero-order valence-electron chi connectivity index (χ0n) is 19.3. The molecule has 0 spiro atoms. The van der Waals surface area contributed by atoms with Crippen LogP contribution in [-0.2, 0) is 4.74 Å². The molecule has 0 aromatic carbocycles. The molecule has 1 aromatic rings. The average Bonchev–Trinajstić information content (AvgIpc) is 3.05. The number of anilines is 1. The van der Waals surface area contributed by atoms with Crippen LogP contribution in [0.1, 0.15) is 16.8 Å². The minimum absolute atomic E-state index is 0.0723. The number of primary amides is 1. The van der Waals surface area contributed by atoms with Crippen LogP contribution in [-0.4, -0.2) is 81.9 Å². The lowest BCUT2D eigenvalue weighted by Crippen LogP contribution is -2.48. The van der Waals surface area contributed by atoms with Crippen molar-refractivity contribution < 1.29 is 23.1 Å². The molecule has 1 amide bonds. The SMILES string of the molecule is C[Si](C)(C)CCOCC1C=Nc2c(c(C(N)=O)cn2OC(F)F)N1CCCN1CC(C#N)C1. The van der Waals surface area contributed by atoms with E-state index in [1.54, 1.807) is 6.21 Å². The summed E-state index contributed by atoms with van der Waals surface area (Å²) in [7, 11) is -1.25. The number of likely N-dealkylation sites (tertiary alicyclic amines) is 1. The normalized spacial score (nSPS) is 18.8. The Morgan fingerprint density at radius 2 is 2.09 bits per heavy atom. The molecule has 2 aliphatic rings. The summed E-state index contributed by atoms with van der Waals surface area (Å²) in [6.07, 6.45) is 3.54. The number of nitrogens with zero attached hydrogens (tertiary/aromatic N) is 5. The van der Waals surface area contributed by atoms with Crippen LogP contribution in [0.25, 0.3) is 0 Å². The fourth-order valence-electron chi connectivity index (χ4n) is 3.91. The molecule has 2 N–H and O–H groups in total. The third-order valence-electron chi connectivity index (χ3n) is 5.74. The Balaban J connectivity index is 1.76. The van der Waals surface area contributed by atoms with Gasteiger partial charge in [-0.2, -0.15) is 18.8 Å². The summed E-state index contributed by atoms with van der Waals surface area (Å²) in [5, 5.41) is 8.96. The van der Waals surface area contributed by atoms with Crippen LogP contribution in [0.3, 0.4) is 0 Å². The number of aromatic nitrogens is 1. The lowest BCUT2D eigenvalue weighted by atomic mass is 10.0. The second kappa shape index (κ2) is 10.6. The lowest BCUT2D eigenvalue weighted by molar-refractivity contribution is -0.130. The molecule has 2 aliphatic heterocycles. The summed E-state index contributed by atoms with van der Waals surface area (Å²) in [4.78, 5) is 25.1. The van der Waals surface area contributed by atoms with Gasteiger partial charge in [-0.1, -0.05) is 19.6 Å². The van der Waals surface area contributed by atoms with Crippen molar-refractivity contribution in [2.75, 3.05) is 44.3 Å². The van der Waals surface area contributed by atoms with E-state index in [9.17, 15) is 13.6 Å². The molecule has 0 aliphatic carbocycles. The standard InChI is InChI=1S/C21H32F2N6O3Si/c1-33(2,3)8-7-31-14-16-10-26-20-18(17(19(25)30)13-29(20)32-21(22)23)28(16)6-4-5-27-11-15(9-24)12-27/h10,13,15-16,21H,4-8,11-12,14H2,1-3H3,(H2,25,30). The molecule has 0 radical (unpaired) electrons. The van der Waals surface area contributed by atoms with E-state index in [2.05, 4.69) is 40.4 Å². The molecule has 33 heavy (non-hydrogen) atoms. The third-order valence-corrected chi connectivity index (χ3v) is 7.44. The molecule has 1 saturated heterocycles. The summed E-state index contributed by atoms with van der Waals surface area (Å²) in [6.45, 7) is 7.54. The number of ether oxygens (including phenoxy) is 1. The Morgan fingerprint density at radius 1 is 1.36 bits per heavy atom. The molecule has 0 saturated carbocycles. The fourth-order valence-corrected chi connectivity index (χ4v) is 4.66. The van der Waals surface area contributed by atoms with Gasteiger partial charge in [0, 0.05) is 40.5 Å². The quantitative estimate of drug-likeness (QED) is 0.362. The van der Waals surface area contributed by atoms with Gasteiger partial charge < -0.3 is 25.1 Å². The smallest absolute Gasteiger partial charge is 0.379 e. The van der Waals surface area contributed by atoms with Crippen molar-refractivity contribution in [2.45, 2.75) is 44.8 Å². The van der Waals surface area contributed by atoms with Crippen LogP contribution in [0.4, 0.5) is 20.3 Å².